The Morgan fingerprint density at radius 3 is 2.00 bits per heavy atom. The monoisotopic (exact) mass is 161 g/mol. The highest BCUT2D eigenvalue weighted by Gasteiger charge is 1.64. The van der Waals surface area contributed by atoms with E-state index in [0.29, 0.717) is 0 Å². The first-order chi connectivity index (χ1) is 3.83. The van der Waals surface area contributed by atoms with Crippen molar-refractivity contribution in [3.63, 3.8) is 0 Å². The number of unbranched alkanes of at least 4 members (excludes halogenated alkanes) is 1. The summed E-state index contributed by atoms with van der Waals surface area (Å²) in [5.41, 5.74) is 0. The molecular formula is C5H7Cl2Mg. The second kappa shape index (κ2) is 15.7. The van der Waals surface area contributed by atoms with Crippen molar-refractivity contribution in [3.05, 3.63) is 6.42 Å². The minimum Gasteiger partial charge on any atom is -0.309 e. The van der Waals surface area contributed by atoms with Gasteiger partial charge in [0.05, 0.1) is 0 Å². The standard InChI is InChI=1S/C5H7.2ClH.Mg/c1-3-5-4-2;;;/h3,5H2,1H3;2*1H;/q;;;+2/p-2. The van der Waals surface area contributed by atoms with Crippen molar-refractivity contribution in [2.24, 2.45) is 0 Å². The lowest BCUT2D eigenvalue weighted by Gasteiger charge is -1.68. The van der Waals surface area contributed by atoms with Gasteiger partial charge in [-0.25, -0.2) is 0 Å². The highest BCUT2D eigenvalue weighted by Crippen LogP contribution is 1.77. The molecule has 1 radical (unpaired) electrons. The van der Waals surface area contributed by atoms with Crippen LogP contribution in [0.3, 0.4) is 0 Å². The molecule has 0 aromatic carbocycles. The first kappa shape index (κ1) is 11.7. The van der Waals surface area contributed by atoms with Gasteiger partial charge in [0.2, 0.25) is 0 Å². The zero-order chi connectivity index (χ0) is 6.83. The summed E-state index contributed by atoms with van der Waals surface area (Å²) in [7, 11) is 9.81. The molecule has 0 aromatic rings. The van der Waals surface area contributed by atoms with Crippen LogP contribution in [-0.2, 0) is 0 Å². The van der Waals surface area contributed by atoms with Crippen LogP contribution >= 0.6 is 18.1 Å². The Bertz CT molecular complexity index is 57.9. The van der Waals surface area contributed by atoms with Crippen molar-refractivity contribution in [2.75, 3.05) is 0 Å². The van der Waals surface area contributed by atoms with E-state index in [1.54, 1.807) is 0 Å². The maximum atomic E-state index is 6.35. The van der Waals surface area contributed by atoms with E-state index in [2.05, 4.69) is 5.92 Å². The van der Waals surface area contributed by atoms with Gasteiger partial charge in [-0.05, 0) is 12.8 Å². The van der Waals surface area contributed by atoms with Gasteiger partial charge in [-0.1, -0.05) is 12.8 Å². The van der Waals surface area contributed by atoms with Crippen LogP contribution in [0.25, 0.3) is 0 Å². The molecule has 0 saturated heterocycles. The van der Waals surface area contributed by atoms with Crippen LogP contribution in [0.1, 0.15) is 19.8 Å². The zero-order valence-corrected chi connectivity index (χ0v) is 7.80. The number of hydrogen-bond acceptors (Lipinski definition) is 0. The van der Waals surface area contributed by atoms with Gasteiger partial charge in [0.1, 0.15) is 0 Å². The summed E-state index contributed by atoms with van der Waals surface area (Å²) in [6.07, 6.45) is 8.20. The Kier molecular flexibility index (Phi) is 22.9. The minimum atomic E-state index is -0.639. The third kappa shape index (κ3) is 28.5. The van der Waals surface area contributed by atoms with Crippen LogP contribution in [0, 0.1) is 12.3 Å². The molecule has 0 aliphatic heterocycles. The normalized spacial score (nSPS) is 5.25. The Hall–Kier alpha value is 0.906. The number of halogens is 2. The van der Waals surface area contributed by atoms with E-state index in [9.17, 15) is 0 Å². The molecule has 0 bridgehead atoms. The predicted octanol–water partition coefficient (Wildman–Crippen LogP) is 2.37. The third-order valence-corrected chi connectivity index (χ3v) is 0.375. The smallest absolute Gasteiger partial charge is 0.309 e. The highest BCUT2D eigenvalue weighted by molar-refractivity contribution is 7.22. The second-order valence-electron chi connectivity index (χ2n) is 1.03. The molecule has 0 spiro atoms. The van der Waals surface area contributed by atoms with E-state index in [-0.39, 0.29) is 0 Å². The molecular weight excluding hydrogens is 155 g/mol. The van der Waals surface area contributed by atoms with Crippen LogP contribution in [0.15, 0.2) is 0 Å². The van der Waals surface area contributed by atoms with E-state index in [4.69, 9.17) is 24.6 Å². The molecule has 0 unspecified atom stereocenters. The quantitative estimate of drug-likeness (QED) is 0.410. The molecule has 43 valence electrons. The Morgan fingerprint density at radius 1 is 1.62 bits per heavy atom. The fraction of sp³-hybridized carbons (Fsp3) is 0.600. The van der Waals surface area contributed by atoms with Gasteiger partial charge < -0.3 is 18.1 Å². The van der Waals surface area contributed by atoms with Gasteiger partial charge in [-0.3, -0.25) is 0 Å². The molecule has 0 N–H and O–H groups in total. The summed E-state index contributed by atoms with van der Waals surface area (Å²) in [5, 5.41) is 0. The molecule has 0 aliphatic rings. The molecule has 0 atom stereocenters. The molecule has 0 aromatic heterocycles. The van der Waals surface area contributed by atoms with Crippen LogP contribution in [-0.4, -0.2) is 18.2 Å². The average Bonchev–Trinajstić information content (AvgIpc) is 1.71. The first-order valence-electron chi connectivity index (χ1n) is 2.35. The second-order valence-corrected chi connectivity index (χ2v) is 3.65. The van der Waals surface area contributed by atoms with E-state index in [0.717, 1.165) is 12.8 Å². The SMILES string of the molecule is [C]#CCCC.[Cl][Mg][Cl]. The summed E-state index contributed by atoms with van der Waals surface area (Å²) >= 11 is -0.639. The summed E-state index contributed by atoms with van der Waals surface area (Å²) < 4.78 is 0. The Labute approximate surface area is 68.2 Å². The number of rotatable bonds is 1. The largest absolute Gasteiger partial charge is 0.618 e. The molecule has 3 heteroatoms. The highest BCUT2D eigenvalue weighted by atomic mass is 35.6. The van der Waals surface area contributed by atoms with Gasteiger partial charge >= 0.3 is 18.2 Å². The van der Waals surface area contributed by atoms with E-state index in [1.165, 1.54) is 0 Å². The van der Waals surface area contributed by atoms with E-state index < -0.39 is 18.2 Å². The Morgan fingerprint density at radius 2 is 2.00 bits per heavy atom. The minimum absolute atomic E-state index is 0.639. The predicted molar refractivity (Wildman–Crippen MR) is 39.5 cm³/mol. The van der Waals surface area contributed by atoms with E-state index >= 15 is 0 Å². The fourth-order valence-corrected chi connectivity index (χ4v) is 0.125. The molecule has 8 heavy (non-hydrogen) atoms. The summed E-state index contributed by atoms with van der Waals surface area (Å²) in [6, 6.07) is 0. The topological polar surface area (TPSA) is 0 Å². The summed E-state index contributed by atoms with van der Waals surface area (Å²) in [6.45, 7) is 2.03. The molecule has 0 aliphatic carbocycles. The first-order valence-corrected chi connectivity index (χ1v) is 6.62. The van der Waals surface area contributed by atoms with Crippen molar-refractivity contribution < 1.29 is 0 Å². The van der Waals surface area contributed by atoms with Gasteiger partial charge in [0.15, 0.2) is 0 Å². The van der Waals surface area contributed by atoms with E-state index in [1.807, 2.05) is 6.92 Å². The van der Waals surface area contributed by atoms with Crippen LogP contribution in [0.5, 0.6) is 0 Å². The lowest BCUT2D eigenvalue weighted by molar-refractivity contribution is 0.983. The van der Waals surface area contributed by atoms with Gasteiger partial charge in [-0.15, -0.1) is 0 Å². The maximum absolute atomic E-state index is 6.35. The lowest BCUT2D eigenvalue weighted by atomic mass is 10.4. The van der Waals surface area contributed by atoms with Crippen molar-refractivity contribution in [3.8, 4) is 5.92 Å². The van der Waals surface area contributed by atoms with Crippen molar-refractivity contribution in [1.29, 1.82) is 0 Å². The summed E-state index contributed by atoms with van der Waals surface area (Å²) in [4.78, 5) is 0. The molecule has 0 rings (SSSR count). The van der Waals surface area contributed by atoms with Gasteiger partial charge in [0, 0.05) is 6.42 Å². The molecule has 0 amide bonds. The molecule has 0 nitrogen and oxygen atoms in total. The van der Waals surface area contributed by atoms with Crippen LogP contribution in [0.4, 0.5) is 0 Å². The zero-order valence-electron chi connectivity index (χ0n) is 4.88. The molecule has 0 heterocycles. The summed E-state index contributed by atoms with van der Waals surface area (Å²) in [5.74, 6) is 2.27. The number of hydrogen-bond donors (Lipinski definition) is 0. The van der Waals surface area contributed by atoms with Crippen molar-refractivity contribution in [1.82, 2.24) is 0 Å². The van der Waals surface area contributed by atoms with Gasteiger partial charge in [0.25, 0.3) is 0 Å². The van der Waals surface area contributed by atoms with Crippen LogP contribution in [0.2, 0.25) is 0 Å². The fourth-order valence-electron chi connectivity index (χ4n) is 0.125. The van der Waals surface area contributed by atoms with Crippen molar-refractivity contribution >= 4 is 36.3 Å². The Balaban J connectivity index is 0. The van der Waals surface area contributed by atoms with Crippen LogP contribution < -0.4 is 0 Å². The third-order valence-electron chi connectivity index (χ3n) is 0.375. The molecule has 0 saturated carbocycles. The van der Waals surface area contributed by atoms with Crippen molar-refractivity contribution in [2.45, 2.75) is 19.8 Å². The average molecular weight is 162 g/mol. The molecule has 0 fully saturated rings. The lowest BCUT2D eigenvalue weighted by Crippen LogP contribution is -1.53. The van der Waals surface area contributed by atoms with Gasteiger partial charge in [-0.2, -0.15) is 0 Å². The maximum Gasteiger partial charge on any atom is 0.618 e.